The number of halogens is 1. The van der Waals surface area contributed by atoms with Crippen molar-refractivity contribution in [1.29, 1.82) is 0 Å². The summed E-state index contributed by atoms with van der Waals surface area (Å²) in [6, 6.07) is 0. The van der Waals surface area contributed by atoms with Crippen LogP contribution in [0.1, 0.15) is 39.0 Å². The molecule has 0 nitrogen and oxygen atoms in total. The fraction of sp³-hybridized carbons (Fsp3) is 1.00. The average molecular weight is 159 g/mol. The summed E-state index contributed by atoms with van der Waals surface area (Å²) >= 11 is 2.09. The molecule has 2 heteroatoms. The summed E-state index contributed by atoms with van der Waals surface area (Å²) in [5.74, 6) is 0. The fourth-order valence-corrected chi connectivity index (χ4v) is 1.13. The van der Waals surface area contributed by atoms with E-state index in [2.05, 4.69) is 28.6 Å². The van der Waals surface area contributed by atoms with Crippen molar-refractivity contribution in [2.75, 3.05) is 0 Å². The van der Waals surface area contributed by atoms with Crippen LogP contribution < -0.4 is 12.4 Å². The molecule has 0 aliphatic heterocycles. The molecule has 0 aliphatic carbocycles. The zero-order valence-electron chi connectivity index (χ0n) is 6.33. The standard InChI is InChI=1S/C7H15.ClH.Mg/c1-3-5-7-6-4-2;;/h1,3-7H2,2H3;1H;/q;;+1/p-1. The molecule has 0 atom stereocenters. The van der Waals surface area contributed by atoms with E-state index >= 15 is 0 Å². The summed E-state index contributed by atoms with van der Waals surface area (Å²) in [5, 5.41) is 0. The van der Waals surface area contributed by atoms with Gasteiger partial charge in [0.1, 0.15) is 0 Å². The SMILES string of the molecule is CCCCCC[CH2][Mg+].[Cl-]. The van der Waals surface area contributed by atoms with Gasteiger partial charge in [0, 0.05) is 0 Å². The Bertz CT molecular complexity index is 33.9. The second-order valence-corrected chi connectivity index (χ2v) is 2.97. The minimum absolute atomic E-state index is 0. The second-order valence-electron chi connectivity index (χ2n) is 2.27. The van der Waals surface area contributed by atoms with Crippen molar-refractivity contribution in [1.82, 2.24) is 0 Å². The molecule has 0 unspecified atom stereocenters. The smallest absolute Gasteiger partial charge is 1.00 e. The third kappa shape index (κ3) is 12.3. The first kappa shape index (κ1) is 12.7. The quantitative estimate of drug-likeness (QED) is 0.376. The van der Waals surface area contributed by atoms with Crippen LogP contribution in [-0.4, -0.2) is 21.7 Å². The van der Waals surface area contributed by atoms with Gasteiger partial charge in [-0.05, 0) is 0 Å². The van der Waals surface area contributed by atoms with Crippen LogP contribution in [0.25, 0.3) is 0 Å². The molecule has 0 N–H and O–H groups in total. The monoisotopic (exact) mass is 158 g/mol. The predicted octanol–water partition coefficient (Wildman–Crippen LogP) is -0.452. The molecule has 0 heterocycles. The van der Waals surface area contributed by atoms with Crippen molar-refractivity contribution in [3.63, 3.8) is 0 Å². The van der Waals surface area contributed by atoms with E-state index in [1.165, 1.54) is 36.7 Å². The maximum atomic E-state index is 2.26. The van der Waals surface area contributed by atoms with Gasteiger partial charge in [0.15, 0.2) is 0 Å². The van der Waals surface area contributed by atoms with E-state index in [9.17, 15) is 0 Å². The van der Waals surface area contributed by atoms with E-state index in [4.69, 9.17) is 0 Å². The topological polar surface area (TPSA) is 0 Å². The molecule has 0 aliphatic rings. The van der Waals surface area contributed by atoms with Gasteiger partial charge in [-0.15, -0.1) is 0 Å². The van der Waals surface area contributed by atoms with Crippen LogP contribution in [0.2, 0.25) is 4.55 Å². The van der Waals surface area contributed by atoms with Gasteiger partial charge in [-0.1, -0.05) is 0 Å². The summed E-state index contributed by atoms with van der Waals surface area (Å²) in [7, 11) is 0. The van der Waals surface area contributed by atoms with Crippen LogP contribution in [-0.2, 0) is 0 Å². The van der Waals surface area contributed by atoms with Crippen molar-refractivity contribution in [2.45, 2.75) is 43.6 Å². The van der Waals surface area contributed by atoms with Gasteiger partial charge < -0.3 is 12.4 Å². The van der Waals surface area contributed by atoms with Crippen molar-refractivity contribution in [3.05, 3.63) is 0 Å². The van der Waals surface area contributed by atoms with Crippen LogP contribution in [0.4, 0.5) is 0 Å². The summed E-state index contributed by atoms with van der Waals surface area (Å²) in [4.78, 5) is 0. The molecule has 0 spiro atoms. The van der Waals surface area contributed by atoms with Gasteiger partial charge in [0.2, 0.25) is 0 Å². The first-order valence-electron chi connectivity index (χ1n) is 3.71. The maximum absolute atomic E-state index is 2.26. The molecular formula is C7H15ClMg. The van der Waals surface area contributed by atoms with Crippen molar-refractivity contribution in [2.24, 2.45) is 0 Å². The van der Waals surface area contributed by atoms with Crippen LogP contribution in [0.15, 0.2) is 0 Å². The Morgan fingerprint density at radius 1 is 1.00 bits per heavy atom. The van der Waals surface area contributed by atoms with Gasteiger partial charge in [0.25, 0.3) is 0 Å². The summed E-state index contributed by atoms with van der Waals surface area (Å²) in [6.07, 6.45) is 7.15. The maximum Gasteiger partial charge on any atom is -1.00 e. The molecule has 0 aromatic carbocycles. The van der Waals surface area contributed by atoms with Crippen LogP contribution in [0.5, 0.6) is 0 Å². The van der Waals surface area contributed by atoms with Gasteiger partial charge >= 0.3 is 65.3 Å². The number of hydrogen-bond donors (Lipinski definition) is 0. The molecule has 9 heavy (non-hydrogen) atoms. The Hall–Kier alpha value is 1.06. The largest absolute Gasteiger partial charge is 1.00 e. The molecule has 0 rings (SSSR count). The van der Waals surface area contributed by atoms with E-state index in [0.29, 0.717) is 0 Å². The van der Waals surface area contributed by atoms with Crippen LogP contribution >= 0.6 is 0 Å². The van der Waals surface area contributed by atoms with E-state index < -0.39 is 0 Å². The third-order valence-corrected chi connectivity index (χ3v) is 1.85. The van der Waals surface area contributed by atoms with E-state index in [0.717, 1.165) is 0 Å². The van der Waals surface area contributed by atoms with Gasteiger partial charge in [-0.3, -0.25) is 0 Å². The average Bonchev–Trinajstić information content (AvgIpc) is 1.81. The molecule has 0 aromatic heterocycles. The molecule has 0 amide bonds. The number of hydrogen-bond acceptors (Lipinski definition) is 0. The molecule has 0 bridgehead atoms. The second kappa shape index (κ2) is 11.8. The Labute approximate surface area is 77.6 Å². The number of unbranched alkanes of at least 4 members (excludes halogenated alkanes) is 4. The molecule has 0 saturated heterocycles. The molecular weight excluding hydrogens is 144 g/mol. The van der Waals surface area contributed by atoms with Gasteiger partial charge in [0.05, 0.1) is 0 Å². The summed E-state index contributed by atoms with van der Waals surface area (Å²) < 4.78 is 1.39. The van der Waals surface area contributed by atoms with E-state index in [-0.39, 0.29) is 12.4 Å². The van der Waals surface area contributed by atoms with Gasteiger partial charge in [-0.2, -0.15) is 0 Å². The normalized spacial score (nSPS) is 8.78. The summed E-state index contributed by atoms with van der Waals surface area (Å²) in [5.41, 5.74) is 0. The number of rotatable bonds is 5. The predicted molar refractivity (Wildman–Crippen MR) is 39.3 cm³/mol. The van der Waals surface area contributed by atoms with E-state index in [1.807, 2.05) is 0 Å². The fourth-order valence-electron chi connectivity index (χ4n) is 0.780. The Morgan fingerprint density at radius 3 is 2.00 bits per heavy atom. The molecule has 52 valence electrons. The van der Waals surface area contributed by atoms with Crippen molar-refractivity contribution >= 4 is 21.7 Å². The minimum atomic E-state index is 0. The first-order valence-corrected chi connectivity index (χ1v) is 4.71. The zero-order valence-corrected chi connectivity index (χ0v) is 8.50. The van der Waals surface area contributed by atoms with Crippen molar-refractivity contribution in [3.8, 4) is 0 Å². The van der Waals surface area contributed by atoms with E-state index in [1.54, 1.807) is 0 Å². The summed E-state index contributed by atoms with van der Waals surface area (Å²) in [6.45, 7) is 2.26. The molecule has 0 saturated carbocycles. The molecule has 0 aromatic rings. The Balaban J connectivity index is 0. The van der Waals surface area contributed by atoms with Gasteiger partial charge in [-0.25, -0.2) is 0 Å². The minimum Gasteiger partial charge on any atom is -1.00 e. The third-order valence-electron chi connectivity index (χ3n) is 1.35. The Kier molecular flexibility index (Phi) is 16.7. The van der Waals surface area contributed by atoms with Crippen molar-refractivity contribution < 1.29 is 12.4 Å². The van der Waals surface area contributed by atoms with Crippen LogP contribution in [0.3, 0.4) is 0 Å². The Morgan fingerprint density at radius 2 is 1.56 bits per heavy atom. The zero-order chi connectivity index (χ0) is 6.24. The molecule has 0 fully saturated rings. The van der Waals surface area contributed by atoms with Crippen LogP contribution in [0, 0.1) is 0 Å². The first-order chi connectivity index (χ1) is 3.91. The molecule has 0 radical (unpaired) electrons.